The van der Waals surface area contributed by atoms with Crippen molar-refractivity contribution < 1.29 is 24.9 Å². The summed E-state index contributed by atoms with van der Waals surface area (Å²) in [6, 6.07) is 6.57. The second kappa shape index (κ2) is 4.43. The van der Waals surface area contributed by atoms with Gasteiger partial charge >= 0.3 is 0 Å². The second-order valence-electron chi connectivity index (χ2n) is 5.03. The molecule has 5 heteroatoms. The highest BCUT2D eigenvalue weighted by Gasteiger charge is 2.33. The molecular formula is C16H12O5. The fraction of sp³-hybridized carbons (Fsp3) is 0.125. The summed E-state index contributed by atoms with van der Waals surface area (Å²) in [4.78, 5) is 24.9. The van der Waals surface area contributed by atoms with Crippen molar-refractivity contribution in [1.29, 1.82) is 0 Å². The number of fused-ring (bicyclic) bond motifs is 2. The molecule has 0 fully saturated rings. The molecule has 0 amide bonds. The van der Waals surface area contributed by atoms with Gasteiger partial charge in [0.2, 0.25) is 0 Å². The van der Waals surface area contributed by atoms with Crippen LogP contribution in [-0.2, 0) is 0 Å². The number of phenolic OH excluding ortho intramolecular Hbond substituents is 2. The van der Waals surface area contributed by atoms with Crippen LogP contribution < -0.4 is 0 Å². The van der Waals surface area contributed by atoms with Gasteiger partial charge in [0, 0.05) is 16.7 Å². The van der Waals surface area contributed by atoms with Crippen molar-refractivity contribution >= 4 is 11.6 Å². The van der Waals surface area contributed by atoms with Crippen LogP contribution in [0.4, 0.5) is 0 Å². The van der Waals surface area contributed by atoms with Gasteiger partial charge in [-0.25, -0.2) is 0 Å². The van der Waals surface area contributed by atoms with E-state index < -0.39 is 17.7 Å². The molecule has 0 spiro atoms. The number of phenols is 2. The average molecular weight is 284 g/mol. The Labute approximate surface area is 120 Å². The van der Waals surface area contributed by atoms with Gasteiger partial charge in [-0.05, 0) is 42.8 Å². The number of aliphatic hydroxyl groups excluding tert-OH is 1. The number of hydrogen-bond donors (Lipinski definition) is 3. The average Bonchev–Trinajstić information content (AvgIpc) is 2.43. The van der Waals surface area contributed by atoms with Gasteiger partial charge in [-0.3, -0.25) is 9.59 Å². The molecule has 2 aromatic rings. The lowest BCUT2D eigenvalue weighted by molar-refractivity contribution is 0.0976. The summed E-state index contributed by atoms with van der Waals surface area (Å²) in [5.74, 6) is -1.39. The Morgan fingerprint density at radius 3 is 2.29 bits per heavy atom. The third-order valence-electron chi connectivity index (χ3n) is 3.59. The summed E-state index contributed by atoms with van der Waals surface area (Å²) < 4.78 is 0. The van der Waals surface area contributed by atoms with E-state index in [-0.39, 0.29) is 33.8 Å². The first-order valence-electron chi connectivity index (χ1n) is 6.37. The van der Waals surface area contributed by atoms with Crippen molar-refractivity contribution in [2.75, 3.05) is 0 Å². The van der Waals surface area contributed by atoms with Crippen LogP contribution in [0.25, 0.3) is 0 Å². The van der Waals surface area contributed by atoms with Crippen molar-refractivity contribution in [3.05, 3.63) is 58.1 Å². The van der Waals surface area contributed by atoms with Gasteiger partial charge in [0.1, 0.15) is 11.5 Å². The van der Waals surface area contributed by atoms with Gasteiger partial charge < -0.3 is 15.3 Å². The lowest BCUT2D eigenvalue weighted by Gasteiger charge is -2.20. The standard InChI is InChI=1S/C16H12O5/c1-7(17)8-4-12-14(13(19)5-8)16(21)10-3-2-9(18)6-11(10)15(12)20/h2-7,17-19H,1H3. The number of ketones is 2. The van der Waals surface area contributed by atoms with Gasteiger partial charge in [-0.1, -0.05) is 0 Å². The lowest BCUT2D eigenvalue weighted by Crippen LogP contribution is -2.21. The van der Waals surface area contributed by atoms with E-state index in [2.05, 4.69) is 0 Å². The van der Waals surface area contributed by atoms with Gasteiger partial charge in [0.05, 0.1) is 11.7 Å². The number of carbonyl (C=O) groups excluding carboxylic acids is 2. The van der Waals surface area contributed by atoms with E-state index in [4.69, 9.17) is 0 Å². The van der Waals surface area contributed by atoms with E-state index >= 15 is 0 Å². The second-order valence-corrected chi connectivity index (χ2v) is 5.03. The van der Waals surface area contributed by atoms with E-state index in [0.717, 1.165) is 0 Å². The zero-order valence-electron chi connectivity index (χ0n) is 11.1. The molecule has 0 saturated carbocycles. The summed E-state index contributed by atoms with van der Waals surface area (Å²) in [6.45, 7) is 1.50. The molecule has 0 aliphatic heterocycles. The van der Waals surface area contributed by atoms with Gasteiger partial charge in [-0.15, -0.1) is 0 Å². The molecule has 1 unspecified atom stereocenters. The topological polar surface area (TPSA) is 94.8 Å². The maximum absolute atomic E-state index is 12.5. The normalized spacial score (nSPS) is 14.6. The Kier molecular flexibility index (Phi) is 2.81. The van der Waals surface area contributed by atoms with Crippen LogP contribution in [0.1, 0.15) is 50.4 Å². The van der Waals surface area contributed by atoms with Crippen LogP contribution in [-0.4, -0.2) is 26.9 Å². The van der Waals surface area contributed by atoms with Crippen LogP contribution in [0.5, 0.6) is 11.5 Å². The van der Waals surface area contributed by atoms with Crippen LogP contribution in [0.15, 0.2) is 30.3 Å². The van der Waals surface area contributed by atoms with Gasteiger partial charge in [-0.2, -0.15) is 0 Å². The molecule has 0 heterocycles. The van der Waals surface area contributed by atoms with E-state index in [0.29, 0.717) is 5.56 Å². The Hall–Kier alpha value is -2.66. The summed E-state index contributed by atoms with van der Waals surface area (Å²) in [5, 5.41) is 29.1. The number of aliphatic hydroxyl groups is 1. The molecule has 1 aliphatic carbocycles. The van der Waals surface area contributed by atoms with Gasteiger partial charge in [0.25, 0.3) is 0 Å². The first-order chi connectivity index (χ1) is 9.90. The van der Waals surface area contributed by atoms with Crippen LogP contribution in [0.3, 0.4) is 0 Å². The highest BCUT2D eigenvalue weighted by atomic mass is 16.3. The van der Waals surface area contributed by atoms with Crippen molar-refractivity contribution in [2.24, 2.45) is 0 Å². The van der Waals surface area contributed by atoms with Gasteiger partial charge in [0.15, 0.2) is 11.6 Å². The third kappa shape index (κ3) is 1.90. The summed E-state index contributed by atoms with van der Waals surface area (Å²) in [5.41, 5.74) is 0.549. The maximum atomic E-state index is 12.5. The lowest BCUT2D eigenvalue weighted by atomic mass is 9.82. The molecule has 0 bridgehead atoms. The predicted molar refractivity (Wildman–Crippen MR) is 73.7 cm³/mol. The van der Waals surface area contributed by atoms with Crippen molar-refractivity contribution in [1.82, 2.24) is 0 Å². The highest BCUT2D eigenvalue weighted by molar-refractivity contribution is 6.29. The quantitative estimate of drug-likeness (QED) is 0.634. The largest absolute Gasteiger partial charge is 0.508 e. The zero-order valence-corrected chi connectivity index (χ0v) is 11.1. The molecule has 1 atom stereocenters. The van der Waals surface area contributed by atoms with Crippen LogP contribution >= 0.6 is 0 Å². The first kappa shape index (κ1) is 13.3. The Morgan fingerprint density at radius 1 is 0.905 bits per heavy atom. The third-order valence-corrected chi connectivity index (χ3v) is 3.59. The fourth-order valence-corrected chi connectivity index (χ4v) is 2.51. The smallest absolute Gasteiger partial charge is 0.198 e. The Balaban J connectivity index is 2.30. The number of rotatable bonds is 1. The molecule has 0 saturated heterocycles. The zero-order chi connectivity index (χ0) is 15.3. The molecule has 0 radical (unpaired) electrons. The molecular weight excluding hydrogens is 272 g/mol. The van der Waals surface area contributed by atoms with Crippen molar-refractivity contribution in [2.45, 2.75) is 13.0 Å². The molecule has 2 aromatic carbocycles. The Bertz CT molecular complexity index is 789. The summed E-state index contributed by atoms with van der Waals surface area (Å²) in [7, 11) is 0. The van der Waals surface area contributed by atoms with E-state index in [1.807, 2.05) is 0 Å². The van der Waals surface area contributed by atoms with Crippen LogP contribution in [0.2, 0.25) is 0 Å². The predicted octanol–water partition coefficient (Wildman–Crippen LogP) is 1.93. The SMILES string of the molecule is CC(O)c1cc(O)c2c(c1)C(=O)c1cc(O)ccc1C2=O. The van der Waals surface area contributed by atoms with E-state index in [1.54, 1.807) is 0 Å². The molecule has 106 valence electrons. The minimum absolute atomic E-state index is 0.0361. The molecule has 3 rings (SSSR count). The molecule has 5 nitrogen and oxygen atoms in total. The monoisotopic (exact) mass is 284 g/mol. The van der Waals surface area contributed by atoms with E-state index in [1.165, 1.54) is 37.3 Å². The highest BCUT2D eigenvalue weighted by Crippen LogP contribution is 2.36. The minimum atomic E-state index is -0.880. The number of benzene rings is 2. The molecule has 0 aromatic heterocycles. The van der Waals surface area contributed by atoms with Crippen LogP contribution in [0, 0.1) is 0 Å². The minimum Gasteiger partial charge on any atom is -0.508 e. The van der Waals surface area contributed by atoms with Crippen molar-refractivity contribution in [3.63, 3.8) is 0 Å². The summed E-state index contributed by atoms with van der Waals surface area (Å²) in [6.07, 6.45) is -0.880. The fourth-order valence-electron chi connectivity index (χ4n) is 2.51. The van der Waals surface area contributed by atoms with Crippen molar-refractivity contribution in [3.8, 4) is 11.5 Å². The Morgan fingerprint density at radius 2 is 1.62 bits per heavy atom. The van der Waals surface area contributed by atoms with E-state index in [9.17, 15) is 24.9 Å². The molecule has 1 aliphatic rings. The number of hydrogen-bond acceptors (Lipinski definition) is 5. The number of carbonyl (C=O) groups is 2. The first-order valence-corrected chi connectivity index (χ1v) is 6.37. The summed E-state index contributed by atoms with van der Waals surface area (Å²) >= 11 is 0. The maximum Gasteiger partial charge on any atom is 0.198 e. The molecule has 3 N–H and O–H groups in total. The molecule has 21 heavy (non-hydrogen) atoms. The number of aromatic hydroxyl groups is 2.